The molecule has 3 nitrogen and oxygen atoms in total. The lowest BCUT2D eigenvalue weighted by Crippen LogP contribution is -2.31. The first-order valence-corrected chi connectivity index (χ1v) is 6.67. The van der Waals surface area contributed by atoms with E-state index in [1.165, 1.54) is 38.5 Å². The van der Waals surface area contributed by atoms with Crippen molar-refractivity contribution in [2.75, 3.05) is 12.8 Å². The number of nitrogens with two attached hydrogens (primary N) is 1. The second-order valence-corrected chi connectivity index (χ2v) is 5.11. The van der Waals surface area contributed by atoms with Gasteiger partial charge in [0.2, 0.25) is 0 Å². The van der Waals surface area contributed by atoms with Crippen LogP contribution in [0.15, 0.2) is 18.3 Å². The lowest BCUT2D eigenvalue weighted by Gasteiger charge is -2.27. The molecule has 2 N–H and O–H groups in total. The Morgan fingerprint density at radius 1 is 1.29 bits per heavy atom. The monoisotopic (exact) mass is 233 g/mol. The molecule has 0 spiro atoms. The molecule has 1 aliphatic carbocycles. The average molecular weight is 233 g/mol. The van der Waals surface area contributed by atoms with Crippen LogP contribution in [0.25, 0.3) is 0 Å². The van der Waals surface area contributed by atoms with Crippen molar-refractivity contribution >= 4 is 5.82 Å². The van der Waals surface area contributed by atoms with Crippen molar-refractivity contribution in [1.29, 1.82) is 0 Å². The lowest BCUT2D eigenvalue weighted by atomic mass is 10.1. The zero-order valence-electron chi connectivity index (χ0n) is 10.7. The van der Waals surface area contributed by atoms with E-state index in [1.54, 1.807) is 6.20 Å². The summed E-state index contributed by atoms with van der Waals surface area (Å²) in [6.07, 6.45) is 9.96. The molecule has 3 heteroatoms. The molecular weight excluding hydrogens is 210 g/mol. The summed E-state index contributed by atoms with van der Waals surface area (Å²) in [6.45, 7) is 0.921. The molecule has 0 unspecified atom stereocenters. The van der Waals surface area contributed by atoms with Gasteiger partial charge < -0.3 is 5.73 Å². The zero-order valence-corrected chi connectivity index (χ0v) is 10.7. The number of hydrogen-bond acceptors (Lipinski definition) is 3. The first-order valence-electron chi connectivity index (χ1n) is 6.67. The van der Waals surface area contributed by atoms with Crippen LogP contribution in [-0.4, -0.2) is 23.0 Å². The van der Waals surface area contributed by atoms with Crippen molar-refractivity contribution in [3.63, 3.8) is 0 Å². The Kier molecular flexibility index (Phi) is 4.37. The molecule has 0 amide bonds. The minimum Gasteiger partial charge on any atom is -0.383 e. The molecule has 1 heterocycles. The molecule has 0 atom stereocenters. The van der Waals surface area contributed by atoms with Gasteiger partial charge in [-0.1, -0.05) is 31.7 Å². The number of rotatable bonds is 3. The molecule has 0 saturated heterocycles. The Morgan fingerprint density at radius 2 is 2.00 bits per heavy atom. The van der Waals surface area contributed by atoms with Gasteiger partial charge in [0.25, 0.3) is 0 Å². The lowest BCUT2D eigenvalue weighted by molar-refractivity contribution is 0.213. The van der Waals surface area contributed by atoms with Crippen LogP contribution in [-0.2, 0) is 6.54 Å². The van der Waals surface area contributed by atoms with Crippen molar-refractivity contribution < 1.29 is 0 Å². The quantitative estimate of drug-likeness (QED) is 0.816. The molecule has 1 aromatic rings. The third-order valence-corrected chi connectivity index (χ3v) is 3.79. The van der Waals surface area contributed by atoms with Gasteiger partial charge in [-0.2, -0.15) is 0 Å². The van der Waals surface area contributed by atoms with Gasteiger partial charge in [0.1, 0.15) is 5.82 Å². The number of nitrogen functional groups attached to an aromatic ring is 1. The van der Waals surface area contributed by atoms with Crippen molar-refractivity contribution in [3.05, 3.63) is 23.9 Å². The van der Waals surface area contributed by atoms with Gasteiger partial charge in [0, 0.05) is 24.3 Å². The maximum Gasteiger partial charge on any atom is 0.127 e. The van der Waals surface area contributed by atoms with Gasteiger partial charge in [0.05, 0.1) is 0 Å². The second-order valence-electron chi connectivity index (χ2n) is 5.11. The maximum absolute atomic E-state index is 5.89. The third-order valence-electron chi connectivity index (χ3n) is 3.79. The average Bonchev–Trinajstić information content (AvgIpc) is 2.61. The van der Waals surface area contributed by atoms with E-state index < -0.39 is 0 Å². The number of pyridine rings is 1. The fourth-order valence-corrected chi connectivity index (χ4v) is 2.68. The predicted molar refractivity (Wildman–Crippen MR) is 71.6 cm³/mol. The number of anilines is 1. The zero-order chi connectivity index (χ0) is 12.1. The highest BCUT2D eigenvalue weighted by Crippen LogP contribution is 2.22. The van der Waals surface area contributed by atoms with Crippen molar-refractivity contribution in [1.82, 2.24) is 9.88 Å². The highest BCUT2D eigenvalue weighted by atomic mass is 15.1. The number of aromatic nitrogens is 1. The fraction of sp³-hybridized carbons (Fsp3) is 0.643. The van der Waals surface area contributed by atoms with Crippen LogP contribution in [0.1, 0.15) is 44.1 Å². The topological polar surface area (TPSA) is 42.2 Å². The van der Waals surface area contributed by atoms with Crippen LogP contribution in [0.5, 0.6) is 0 Å². The Hall–Kier alpha value is -1.09. The second kappa shape index (κ2) is 6.01. The Balaban J connectivity index is 1.95. The molecule has 0 aliphatic heterocycles. The van der Waals surface area contributed by atoms with Crippen molar-refractivity contribution in [3.8, 4) is 0 Å². The molecule has 0 bridgehead atoms. The van der Waals surface area contributed by atoms with Crippen LogP contribution >= 0.6 is 0 Å². The summed E-state index contributed by atoms with van der Waals surface area (Å²) in [6, 6.07) is 4.76. The van der Waals surface area contributed by atoms with E-state index in [9.17, 15) is 0 Å². The maximum atomic E-state index is 5.89. The first-order chi connectivity index (χ1) is 8.27. The molecule has 1 aliphatic rings. The van der Waals surface area contributed by atoms with Crippen molar-refractivity contribution in [2.45, 2.75) is 51.1 Å². The van der Waals surface area contributed by atoms with Crippen LogP contribution < -0.4 is 5.73 Å². The standard InChI is InChI=1S/C14H23N3/c1-17(13-8-4-2-3-5-9-13)11-12-7-6-10-16-14(12)15/h6-7,10,13H,2-5,8-9,11H2,1H3,(H2,15,16). The molecule has 1 fully saturated rings. The summed E-state index contributed by atoms with van der Waals surface area (Å²) in [4.78, 5) is 6.59. The normalized spacial score (nSPS) is 18.2. The van der Waals surface area contributed by atoms with Crippen LogP contribution in [0.2, 0.25) is 0 Å². The highest BCUT2D eigenvalue weighted by Gasteiger charge is 2.17. The fourth-order valence-electron chi connectivity index (χ4n) is 2.68. The van der Waals surface area contributed by atoms with E-state index in [2.05, 4.69) is 23.0 Å². The molecule has 17 heavy (non-hydrogen) atoms. The van der Waals surface area contributed by atoms with Gasteiger partial charge in [-0.25, -0.2) is 4.98 Å². The van der Waals surface area contributed by atoms with E-state index >= 15 is 0 Å². The van der Waals surface area contributed by atoms with E-state index in [-0.39, 0.29) is 0 Å². The molecule has 1 saturated carbocycles. The first kappa shape index (κ1) is 12.4. The molecule has 1 aromatic heterocycles. The molecular formula is C14H23N3. The van der Waals surface area contributed by atoms with Gasteiger partial charge in [-0.3, -0.25) is 4.90 Å². The van der Waals surface area contributed by atoms with Gasteiger partial charge in [-0.15, -0.1) is 0 Å². The van der Waals surface area contributed by atoms with Crippen LogP contribution in [0, 0.1) is 0 Å². The van der Waals surface area contributed by atoms with Crippen LogP contribution in [0.4, 0.5) is 5.82 Å². The summed E-state index contributed by atoms with van der Waals surface area (Å²) < 4.78 is 0. The smallest absolute Gasteiger partial charge is 0.127 e. The van der Waals surface area contributed by atoms with Gasteiger partial charge in [0.15, 0.2) is 0 Å². The minimum absolute atomic E-state index is 0.674. The molecule has 2 rings (SSSR count). The summed E-state index contributed by atoms with van der Waals surface area (Å²) in [5.41, 5.74) is 7.04. The third kappa shape index (κ3) is 3.43. The van der Waals surface area contributed by atoms with Gasteiger partial charge in [-0.05, 0) is 26.0 Å². The van der Waals surface area contributed by atoms with Crippen molar-refractivity contribution in [2.24, 2.45) is 0 Å². The SMILES string of the molecule is CN(Cc1cccnc1N)C1CCCCCC1. The molecule has 0 aromatic carbocycles. The van der Waals surface area contributed by atoms with E-state index in [0.717, 1.165) is 18.2 Å². The Labute approximate surface area is 104 Å². The van der Waals surface area contributed by atoms with E-state index in [1.807, 2.05) is 6.07 Å². The number of hydrogen-bond donors (Lipinski definition) is 1. The largest absolute Gasteiger partial charge is 0.383 e. The minimum atomic E-state index is 0.674. The Morgan fingerprint density at radius 3 is 2.65 bits per heavy atom. The summed E-state index contributed by atoms with van der Waals surface area (Å²) in [5.74, 6) is 0.674. The molecule has 94 valence electrons. The summed E-state index contributed by atoms with van der Waals surface area (Å²) in [7, 11) is 2.21. The predicted octanol–water partition coefficient (Wildman–Crippen LogP) is 2.82. The van der Waals surface area contributed by atoms with E-state index in [0.29, 0.717) is 5.82 Å². The summed E-state index contributed by atoms with van der Waals surface area (Å²) >= 11 is 0. The van der Waals surface area contributed by atoms with Crippen LogP contribution in [0.3, 0.4) is 0 Å². The molecule has 0 radical (unpaired) electrons. The highest BCUT2D eigenvalue weighted by molar-refractivity contribution is 5.38. The van der Waals surface area contributed by atoms with E-state index in [4.69, 9.17) is 5.73 Å². The van der Waals surface area contributed by atoms with Gasteiger partial charge >= 0.3 is 0 Å². The number of nitrogens with zero attached hydrogens (tertiary/aromatic N) is 2. The summed E-state index contributed by atoms with van der Waals surface area (Å²) in [5, 5.41) is 0. The Bertz CT molecular complexity index is 343.